The number of aliphatic hydroxyl groups excluding tert-OH is 1. The maximum Gasteiger partial charge on any atom is 0.139 e. The second kappa shape index (κ2) is 7.50. The number of rotatable bonds is 6. The van der Waals surface area contributed by atoms with E-state index in [1.54, 1.807) is 17.7 Å². The molecule has 4 aromatic rings. The molecule has 0 radical (unpaired) electrons. The fourth-order valence-electron chi connectivity index (χ4n) is 3.13. The van der Waals surface area contributed by atoms with Crippen molar-refractivity contribution < 1.29 is 9.52 Å². The number of fused-ring (bicyclic) bond motifs is 1. The Kier molecular flexibility index (Phi) is 4.92. The maximum absolute atomic E-state index is 9.08. The van der Waals surface area contributed by atoms with Gasteiger partial charge in [-0.3, -0.25) is 0 Å². The Morgan fingerprint density at radius 1 is 1.15 bits per heavy atom. The minimum atomic E-state index is 0.0790. The van der Waals surface area contributed by atoms with Crippen LogP contribution in [0.2, 0.25) is 0 Å². The summed E-state index contributed by atoms with van der Waals surface area (Å²) in [5, 5.41) is 12.2. The summed E-state index contributed by atoms with van der Waals surface area (Å²) in [6.07, 6.45) is 2.13. The SMILES string of the molecule is Cc1ccsc1CN(C)c1ncnc2ccc(-c3ccc(CCO)o3)cc12. The van der Waals surface area contributed by atoms with Gasteiger partial charge in [-0.15, -0.1) is 11.3 Å². The quantitative estimate of drug-likeness (QED) is 0.537. The fraction of sp³-hybridized carbons (Fsp3) is 0.238. The lowest BCUT2D eigenvalue weighted by Crippen LogP contribution is -2.18. The van der Waals surface area contributed by atoms with Crippen molar-refractivity contribution in [2.24, 2.45) is 0 Å². The molecule has 0 bridgehead atoms. The Bertz CT molecular complexity index is 1070. The predicted octanol–water partition coefficient (Wildman–Crippen LogP) is 4.43. The molecule has 0 aliphatic heterocycles. The number of thiophene rings is 1. The summed E-state index contributed by atoms with van der Waals surface area (Å²) in [6, 6.07) is 12.1. The van der Waals surface area contributed by atoms with Crippen LogP contribution in [0.15, 0.2) is 52.5 Å². The molecule has 0 amide bonds. The summed E-state index contributed by atoms with van der Waals surface area (Å²) in [5.74, 6) is 2.46. The molecule has 0 atom stereocenters. The largest absolute Gasteiger partial charge is 0.461 e. The molecule has 1 aromatic carbocycles. The van der Waals surface area contributed by atoms with Gasteiger partial charge < -0.3 is 14.4 Å². The monoisotopic (exact) mass is 379 g/mol. The average Bonchev–Trinajstić information content (AvgIpc) is 3.30. The van der Waals surface area contributed by atoms with Gasteiger partial charge >= 0.3 is 0 Å². The predicted molar refractivity (Wildman–Crippen MR) is 109 cm³/mol. The first-order valence-electron chi connectivity index (χ1n) is 8.84. The molecule has 1 N–H and O–H groups in total. The van der Waals surface area contributed by atoms with E-state index in [1.807, 2.05) is 24.3 Å². The molecule has 5 nitrogen and oxygen atoms in total. The highest BCUT2D eigenvalue weighted by Crippen LogP contribution is 2.30. The van der Waals surface area contributed by atoms with E-state index < -0.39 is 0 Å². The zero-order valence-corrected chi connectivity index (χ0v) is 16.2. The minimum Gasteiger partial charge on any atom is -0.461 e. The summed E-state index contributed by atoms with van der Waals surface area (Å²) >= 11 is 1.76. The number of benzene rings is 1. The summed E-state index contributed by atoms with van der Waals surface area (Å²) in [5.41, 5.74) is 3.18. The second-order valence-corrected chi connectivity index (χ2v) is 7.55. The van der Waals surface area contributed by atoms with E-state index >= 15 is 0 Å². The number of aliphatic hydroxyl groups is 1. The van der Waals surface area contributed by atoms with Gasteiger partial charge in [-0.05, 0) is 54.3 Å². The number of aromatic nitrogens is 2. The normalized spacial score (nSPS) is 11.2. The van der Waals surface area contributed by atoms with Crippen LogP contribution in [0.3, 0.4) is 0 Å². The Hall–Kier alpha value is -2.70. The summed E-state index contributed by atoms with van der Waals surface area (Å²) < 4.78 is 5.85. The van der Waals surface area contributed by atoms with Crippen molar-refractivity contribution in [3.05, 3.63) is 64.3 Å². The highest BCUT2D eigenvalue weighted by molar-refractivity contribution is 7.10. The van der Waals surface area contributed by atoms with E-state index in [9.17, 15) is 0 Å². The highest BCUT2D eigenvalue weighted by Gasteiger charge is 2.13. The third-order valence-electron chi connectivity index (χ3n) is 4.63. The van der Waals surface area contributed by atoms with Gasteiger partial charge in [0.15, 0.2) is 0 Å². The van der Waals surface area contributed by atoms with E-state index in [1.165, 1.54) is 10.4 Å². The van der Waals surface area contributed by atoms with Crippen LogP contribution in [-0.4, -0.2) is 28.7 Å². The number of hydrogen-bond donors (Lipinski definition) is 1. The first-order valence-corrected chi connectivity index (χ1v) is 9.72. The third kappa shape index (κ3) is 3.59. The van der Waals surface area contributed by atoms with Gasteiger partial charge in [0, 0.05) is 29.3 Å². The Balaban J connectivity index is 1.71. The van der Waals surface area contributed by atoms with Crippen molar-refractivity contribution >= 4 is 28.1 Å². The van der Waals surface area contributed by atoms with E-state index in [4.69, 9.17) is 9.52 Å². The molecule has 3 heterocycles. The van der Waals surface area contributed by atoms with Crippen LogP contribution in [-0.2, 0) is 13.0 Å². The Morgan fingerprint density at radius 2 is 2.04 bits per heavy atom. The molecule has 0 spiro atoms. The van der Waals surface area contributed by atoms with Gasteiger partial charge in [0.2, 0.25) is 0 Å². The lowest BCUT2D eigenvalue weighted by atomic mass is 10.1. The smallest absolute Gasteiger partial charge is 0.139 e. The molecule has 27 heavy (non-hydrogen) atoms. The number of nitrogens with zero attached hydrogens (tertiary/aromatic N) is 3. The maximum atomic E-state index is 9.08. The first-order chi connectivity index (χ1) is 13.2. The van der Waals surface area contributed by atoms with Crippen molar-refractivity contribution in [2.45, 2.75) is 19.9 Å². The molecule has 6 heteroatoms. The molecular weight excluding hydrogens is 358 g/mol. The molecular formula is C21H21N3O2S. The molecule has 0 saturated heterocycles. The Labute approximate surface area is 161 Å². The summed E-state index contributed by atoms with van der Waals surface area (Å²) in [6.45, 7) is 3.02. The topological polar surface area (TPSA) is 62.4 Å². The molecule has 0 fully saturated rings. The van der Waals surface area contributed by atoms with Gasteiger partial charge in [0.25, 0.3) is 0 Å². The van der Waals surface area contributed by atoms with Crippen LogP contribution in [0.5, 0.6) is 0 Å². The zero-order valence-electron chi connectivity index (χ0n) is 15.3. The van der Waals surface area contributed by atoms with E-state index in [2.05, 4.69) is 46.4 Å². The van der Waals surface area contributed by atoms with Crippen molar-refractivity contribution in [2.75, 3.05) is 18.6 Å². The van der Waals surface area contributed by atoms with E-state index in [0.717, 1.165) is 40.3 Å². The molecule has 4 rings (SSSR count). The molecule has 0 unspecified atom stereocenters. The Morgan fingerprint density at radius 3 is 2.81 bits per heavy atom. The number of anilines is 1. The van der Waals surface area contributed by atoms with E-state index in [0.29, 0.717) is 6.42 Å². The summed E-state index contributed by atoms with van der Waals surface area (Å²) in [7, 11) is 2.06. The van der Waals surface area contributed by atoms with Crippen LogP contribution < -0.4 is 4.90 Å². The van der Waals surface area contributed by atoms with E-state index in [-0.39, 0.29) is 6.61 Å². The van der Waals surface area contributed by atoms with Crippen molar-refractivity contribution in [3.8, 4) is 11.3 Å². The van der Waals surface area contributed by atoms with Gasteiger partial charge in [0.1, 0.15) is 23.7 Å². The molecule has 0 aliphatic carbocycles. The average molecular weight is 379 g/mol. The second-order valence-electron chi connectivity index (χ2n) is 6.55. The molecule has 138 valence electrons. The molecule has 0 saturated carbocycles. The van der Waals surface area contributed by atoms with Gasteiger partial charge in [-0.25, -0.2) is 9.97 Å². The van der Waals surface area contributed by atoms with Crippen molar-refractivity contribution in [1.82, 2.24) is 9.97 Å². The van der Waals surface area contributed by atoms with Crippen LogP contribution in [0, 0.1) is 6.92 Å². The number of aryl methyl sites for hydroxylation is 1. The lowest BCUT2D eigenvalue weighted by molar-refractivity contribution is 0.288. The third-order valence-corrected chi connectivity index (χ3v) is 5.64. The van der Waals surface area contributed by atoms with Crippen LogP contribution in [0.25, 0.3) is 22.2 Å². The fourth-order valence-corrected chi connectivity index (χ4v) is 4.09. The minimum absolute atomic E-state index is 0.0790. The van der Waals surface area contributed by atoms with Crippen molar-refractivity contribution in [3.63, 3.8) is 0 Å². The van der Waals surface area contributed by atoms with Gasteiger partial charge in [0.05, 0.1) is 18.7 Å². The summed E-state index contributed by atoms with van der Waals surface area (Å²) in [4.78, 5) is 12.4. The highest BCUT2D eigenvalue weighted by atomic mass is 32.1. The number of furan rings is 1. The van der Waals surface area contributed by atoms with Crippen LogP contribution >= 0.6 is 11.3 Å². The lowest BCUT2D eigenvalue weighted by Gasteiger charge is -2.19. The number of hydrogen-bond acceptors (Lipinski definition) is 6. The van der Waals surface area contributed by atoms with Gasteiger partial charge in [-0.2, -0.15) is 0 Å². The van der Waals surface area contributed by atoms with Gasteiger partial charge in [-0.1, -0.05) is 0 Å². The standard InChI is InChI=1S/C21H21N3O2S/c1-14-8-10-27-20(14)12-24(2)21-17-11-15(3-5-18(17)22-13-23-21)19-6-4-16(26-19)7-9-25/h3-6,8,10-11,13,25H,7,9,12H2,1-2H3. The first kappa shape index (κ1) is 17.7. The van der Waals surface area contributed by atoms with Crippen LogP contribution in [0.1, 0.15) is 16.2 Å². The zero-order chi connectivity index (χ0) is 18.8. The van der Waals surface area contributed by atoms with Crippen LogP contribution in [0.4, 0.5) is 5.82 Å². The molecule has 3 aromatic heterocycles. The molecule has 0 aliphatic rings. The van der Waals surface area contributed by atoms with Crippen molar-refractivity contribution in [1.29, 1.82) is 0 Å².